The van der Waals surface area contributed by atoms with E-state index in [2.05, 4.69) is 5.32 Å². The Hall–Kier alpha value is -3.65. The van der Waals surface area contributed by atoms with Gasteiger partial charge in [0.15, 0.2) is 5.78 Å². The number of hydroxylamine groups is 1. The van der Waals surface area contributed by atoms with E-state index in [9.17, 15) is 19.5 Å². The van der Waals surface area contributed by atoms with Crippen LogP contribution in [0.15, 0.2) is 60.7 Å². The summed E-state index contributed by atoms with van der Waals surface area (Å²) in [7, 11) is 0. The van der Waals surface area contributed by atoms with Crippen molar-refractivity contribution in [2.24, 2.45) is 5.41 Å². The Morgan fingerprint density at radius 3 is 2.17 bits per heavy atom. The summed E-state index contributed by atoms with van der Waals surface area (Å²) in [5.74, 6) is -0.750. The molecule has 0 bridgehead atoms. The summed E-state index contributed by atoms with van der Waals surface area (Å²) >= 11 is 0. The summed E-state index contributed by atoms with van der Waals surface area (Å²) in [4.78, 5) is 35.3. The first-order valence-corrected chi connectivity index (χ1v) is 9.13. The fourth-order valence-corrected chi connectivity index (χ4v) is 2.76. The second-order valence-corrected chi connectivity index (χ2v) is 7.27. The van der Waals surface area contributed by atoms with Gasteiger partial charge in [-0.1, -0.05) is 32.1 Å². The van der Waals surface area contributed by atoms with Crippen molar-refractivity contribution in [1.29, 1.82) is 0 Å². The van der Waals surface area contributed by atoms with E-state index in [1.807, 2.05) is 0 Å². The van der Waals surface area contributed by atoms with E-state index >= 15 is 0 Å². The molecule has 2 aromatic rings. The molecule has 0 heterocycles. The third kappa shape index (κ3) is 6.18. The van der Waals surface area contributed by atoms with Crippen LogP contribution in [0.2, 0.25) is 0 Å². The van der Waals surface area contributed by atoms with Crippen LogP contribution in [0.25, 0.3) is 0 Å². The second kappa shape index (κ2) is 9.71. The van der Waals surface area contributed by atoms with Crippen molar-refractivity contribution in [2.75, 3.05) is 5.32 Å². The molecule has 0 unspecified atom stereocenters. The molecule has 1 atom stereocenters. The van der Waals surface area contributed by atoms with E-state index in [0.29, 0.717) is 16.8 Å². The lowest BCUT2D eigenvalue weighted by Gasteiger charge is -2.31. The lowest BCUT2D eigenvalue weighted by Crippen LogP contribution is -2.28. The molecule has 2 amide bonds. The minimum Gasteiger partial charge on any atom is -0.508 e. The number of nitrogens with one attached hydrogen (secondary N) is 2. The lowest BCUT2D eigenvalue weighted by atomic mass is 9.82. The van der Waals surface area contributed by atoms with E-state index < -0.39 is 23.5 Å². The Morgan fingerprint density at radius 2 is 1.63 bits per heavy atom. The SMILES string of the molecule is CC(=O)c1ccc(NC(=O)O[C@@H](c2ccc(O)cc2)C(C)(C)/C=C/C(=O)NO)cc1. The summed E-state index contributed by atoms with van der Waals surface area (Å²) in [5.41, 5.74) is 2.22. The number of aromatic hydroxyl groups is 1. The van der Waals surface area contributed by atoms with E-state index in [-0.39, 0.29) is 11.5 Å². The van der Waals surface area contributed by atoms with Gasteiger partial charge in [-0.2, -0.15) is 0 Å². The number of rotatable bonds is 7. The minimum absolute atomic E-state index is 0.0560. The quantitative estimate of drug-likeness (QED) is 0.236. The number of ether oxygens (including phenoxy) is 1. The highest BCUT2D eigenvalue weighted by molar-refractivity contribution is 5.95. The van der Waals surface area contributed by atoms with Crippen LogP contribution < -0.4 is 10.8 Å². The Labute approximate surface area is 174 Å². The van der Waals surface area contributed by atoms with Crippen molar-refractivity contribution in [3.63, 3.8) is 0 Å². The number of hydrogen-bond donors (Lipinski definition) is 4. The van der Waals surface area contributed by atoms with E-state index in [4.69, 9.17) is 9.94 Å². The standard InChI is InChI=1S/C22H24N2O6/c1-14(25)15-4-8-17(9-5-15)23-21(28)30-20(16-6-10-18(26)11-7-16)22(2,3)13-12-19(27)24-29/h4-13,20,26,29H,1-3H3,(H,23,28)(H,24,27)/b13-12+/t20-/m0/s1. The number of Topliss-reactive ketones (excluding diaryl/α,β-unsaturated/α-hetero) is 1. The second-order valence-electron chi connectivity index (χ2n) is 7.27. The number of phenols is 1. The van der Waals surface area contributed by atoms with Crippen molar-refractivity contribution in [2.45, 2.75) is 26.9 Å². The molecule has 30 heavy (non-hydrogen) atoms. The van der Waals surface area contributed by atoms with E-state index in [1.54, 1.807) is 50.2 Å². The lowest BCUT2D eigenvalue weighted by molar-refractivity contribution is -0.124. The summed E-state index contributed by atoms with van der Waals surface area (Å²) < 4.78 is 5.64. The maximum absolute atomic E-state index is 12.5. The molecule has 0 spiro atoms. The molecular weight excluding hydrogens is 388 g/mol. The first-order chi connectivity index (χ1) is 14.1. The molecule has 0 fully saturated rings. The van der Waals surface area contributed by atoms with Crippen LogP contribution in [-0.4, -0.2) is 28.1 Å². The molecule has 2 aromatic carbocycles. The third-order valence-electron chi connectivity index (χ3n) is 4.41. The Bertz CT molecular complexity index is 933. The normalized spacial score (nSPS) is 12.3. The highest BCUT2D eigenvalue weighted by Gasteiger charge is 2.32. The zero-order valence-electron chi connectivity index (χ0n) is 16.9. The maximum atomic E-state index is 12.5. The molecular formula is C22H24N2O6. The molecule has 0 aliphatic rings. The molecule has 0 aliphatic heterocycles. The number of benzene rings is 2. The van der Waals surface area contributed by atoms with Gasteiger partial charge in [-0.05, 0) is 48.9 Å². The summed E-state index contributed by atoms with van der Waals surface area (Å²) in [5, 5.41) is 20.8. The van der Waals surface area contributed by atoms with Crippen molar-refractivity contribution < 1.29 is 29.4 Å². The van der Waals surface area contributed by atoms with Crippen LogP contribution in [0.1, 0.15) is 42.8 Å². The largest absolute Gasteiger partial charge is 0.508 e. The zero-order valence-corrected chi connectivity index (χ0v) is 16.9. The van der Waals surface area contributed by atoms with Crippen molar-refractivity contribution in [1.82, 2.24) is 5.48 Å². The van der Waals surface area contributed by atoms with Gasteiger partial charge in [0.1, 0.15) is 11.9 Å². The highest BCUT2D eigenvalue weighted by atomic mass is 16.6. The van der Waals surface area contributed by atoms with Gasteiger partial charge in [-0.3, -0.25) is 20.1 Å². The van der Waals surface area contributed by atoms with Gasteiger partial charge in [0.05, 0.1) is 0 Å². The monoisotopic (exact) mass is 412 g/mol. The Balaban J connectivity index is 2.24. The van der Waals surface area contributed by atoms with Gasteiger partial charge in [0, 0.05) is 22.7 Å². The van der Waals surface area contributed by atoms with Crippen molar-refractivity contribution in [3.05, 3.63) is 71.8 Å². The summed E-state index contributed by atoms with van der Waals surface area (Å²) in [6.07, 6.45) is 1.08. The van der Waals surface area contributed by atoms with E-state index in [0.717, 1.165) is 6.08 Å². The maximum Gasteiger partial charge on any atom is 0.412 e. The number of phenolic OH excluding ortho intramolecular Hbond substituents is 1. The average molecular weight is 412 g/mol. The number of ketones is 1. The number of carbonyl (C=O) groups is 3. The van der Waals surface area contributed by atoms with Gasteiger partial charge in [0.25, 0.3) is 5.91 Å². The predicted molar refractivity (Wildman–Crippen MR) is 110 cm³/mol. The fraction of sp³-hybridized carbons (Fsp3) is 0.227. The minimum atomic E-state index is -0.848. The fourth-order valence-electron chi connectivity index (χ4n) is 2.76. The molecule has 0 radical (unpaired) electrons. The molecule has 158 valence electrons. The number of anilines is 1. The molecule has 0 aliphatic carbocycles. The molecule has 4 N–H and O–H groups in total. The summed E-state index contributed by atoms with van der Waals surface area (Å²) in [6.45, 7) is 4.95. The van der Waals surface area contributed by atoms with Crippen LogP contribution in [0.3, 0.4) is 0 Å². The Morgan fingerprint density at radius 1 is 1.03 bits per heavy atom. The summed E-state index contributed by atoms with van der Waals surface area (Å²) in [6, 6.07) is 12.5. The predicted octanol–water partition coefficient (Wildman–Crippen LogP) is 3.97. The zero-order chi connectivity index (χ0) is 22.3. The molecule has 0 saturated carbocycles. The van der Waals surface area contributed by atoms with E-state index in [1.165, 1.54) is 30.6 Å². The molecule has 8 heteroatoms. The van der Waals surface area contributed by atoms with Crippen LogP contribution in [-0.2, 0) is 9.53 Å². The number of amides is 2. The number of hydrogen-bond acceptors (Lipinski definition) is 6. The van der Waals surface area contributed by atoms with Crippen LogP contribution in [0, 0.1) is 5.41 Å². The van der Waals surface area contributed by atoms with Crippen LogP contribution in [0.5, 0.6) is 5.75 Å². The topological polar surface area (TPSA) is 125 Å². The smallest absolute Gasteiger partial charge is 0.412 e. The van der Waals surface area contributed by atoms with Crippen LogP contribution in [0.4, 0.5) is 10.5 Å². The van der Waals surface area contributed by atoms with Gasteiger partial charge >= 0.3 is 6.09 Å². The first-order valence-electron chi connectivity index (χ1n) is 9.13. The third-order valence-corrected chi connectivity index (χ3v) is 4.41. The van der Waals surface area contributed by atoms with Crippen molar-refractivity contribution >= 4 is 23.5 Å². The van der Waals surface area contributed by atoms with Gasteiger partial charge in [-0.15, -0.1) is 0 Å². The molecule has 2 rings (SSSR count). The number of carbonyl (C=O) groups excluding carboxylic acids is 3. The molecule has 0 saturated heterocycles. The van der Waals surface area contributed by atoms with Crippen LogP contribution >= 0.6 is 0 Å². The van der Waals surface area contributed by atoms with Gasteiger partial charge in [0.2, 0.25) is 0 Å². The first kappa shape index (κ1) is 22.6. The Kier molecular flexibility index (Phi) is 7.32. The average Bonchev–Trinajstić information content (AvgIpc) is 2.71. The van der Waals surface area contributed by atoms with Crippen molar-refractivity contribution in [3.8, 4) is 5.75 Å². The van der Waals surface area contributed by atoms with Gasteiger partial charge < -0.3 is 9.84 Å². The van der Waals surface area contributed by atoms with Gasteiger partial charge in [-0.25, -0.2) is 10.3 Å². The highest BCUT2D eigenvalue weighted by Crippen LogP contribution is 2.38. The molecule has 0 aromatic heterocycles. The molecule has 8 nitrogen and oxygen atoms in total.